The van der Waals surface area contributed by atoms with Crippen molar-refractivity contribution in [1.82, 2.24) is 0 Å². The van der Waals surface area contributed by atoms with E-state index in [9.17, 15) is 4.79 Å². The predicted molar refractivity (Wildman–Crippen MR) is 132 cm³/mol. The SMILES string of the molecule is C=C1CC[C@H]2C(C)(C)CCC[C@]2(C)[C@H]1C/C=C1\C[C@H](O[C@@H]2C[C@@H]3CC[C@@]2(C)C3(C)C)OC1=O. The van der Waals surface area contributed by atoms with E-state index in [1.54, 1.807) is 0 Å². The Labute approximate surface area is 201 Å². The molecule has 5 fully saturated rings. The van der Waals surface area contributed by atoms with Gasteiger partial charge in [-0.05, 0) is 90.8 Å². The number of allylic oxidation sites excluding steroid dienone is 2. The van der Waals surface area contributed by atoms with Crippen LogP contribution >= 0.6 is 0 Å². The van der Waals surface area contributed by atoms with Crippen molar-refractivity contribution in [2.24, 2.45) is 39.4 Å². The summed E-state index contributed by atoms with van der Waals surface area (Å²) in [4.78, 5) is 12.8. The molecule has 3 heteroatoms. The molecule has 0 aromatic rings. The molecule has 0 aromatic heterocycles. The van der Waals surface area contributed by atoms with Gasteiger partial charge in [0.25, 0.3) is 0 Å². The number of ether oxygens (including phenoxy) is 2. The lowest BCUT2D eigenvalue weighted by Crippen LogP contribution is -2.49. The van der Waals surface area contributed by atoms with Gasteiger partial charge in [-0.3, -0.25) is 0 Å². The number of fused-ring (bicyclic) bond motifs is 3. The topological polar surface area (TPSA) is 35.5 Å². The third-order valence-corrected chi connectivity index (χ3v) is 11.8. The van der Waals surface area contributed by atoms with Gasteiger partial charge in [0.05, 0.1) is 6.10 Å². The minimum Gasteiger partial charge on any atom is -0.432 e. The first-order chi connectivity index (χ1) is 15.4. The van der Waals surface area contributed by atoms with E-state index in [4.69, 9.17) is 9.47 Å². The van der Waals surface area contributed by atoms with Gasteiger partial charge in [-0.15, -0.1) is 0 Å². The average Bonchev–Trinajstić information content (AvgIpc) is 3.23. The van der Waals surface area contributed by atoms with E-state index in [-0.39, 0.29) is 22.9 Å². The van der Waals surface area contributed by atoms with E-state index >= 15 is 0 Å². The van der Waals surface area contributed by atoms with Crippen LogP contribution in [0.3, 0.4) is 0 Å². The molecule has 184 valence electrons. The fourth-order valence-corrected chi connectivity index (χ4v) is 9.23. The maximum atomic E-state index is 12.8. The number of esters is 1. The maximum absolute atomic E-state index is 12.8. The molecule has 2 bridgehead atoms. The van der Waals surface area contributed by atoms with Crippen LogP contribution in [0.15, 0.2) is 23.8 Å². The fraction of sp³-hybridized carbons (Fsp3) is 0.833. The zero-order valence-corrected chi connectivity index (χ0v) is 22.0. The molecule has 1 aliphatic heterocycles. The molecule has 5 aliphatic rings. The summed E-state index contributed by atoms with van der Waals surface area (Å²) < 4.78 is 12.2. The highest BCUT2D eigenvalue weighted by molar-refractivity contribution is 5.90. The second-order valence-electron chi connectivity index (χ2n) is 13.9. The predicted octanol–water partition coefficient (Wildman–Crippen LogP) is 7.61. The van der Waals surface area contributed by atoms with E-state index in [0.717, 1.165) is 36.7 Å². The summed E-state index contributed by atoms with van der Waals surface area (Å²) >= 11 is 0. The first kappa shape index (κ1) is 23.6. The van der Waals surface area contributed by atoms with Gasteiger partial charge in [-0.2, -0.15) is 0 Å². The van der Waals surface area contributed by atoms with Gasteiger partial charge in [0.1, 0.15) is 0 Å². The Kier molecular flexibility index (Phi) is 5.52. The Morgan fingerprint density at radius 1 is 1.09 bits per heavy atom. The van der Waals surface area contributed by atoms with Crippen LogP contribution < -0.4 is 0 Å². The van der Waals surface area contributed by atoms with Crippen molar-refractivity contribution in [2.45, 2.75) is 118 Å². The molecular weight excluding hydrogens is 408 g/mol. The van der Waals surface area contributed by atoms with Gasteiger partial charge in [0.2, 0.25) is 6.29 Å². The van der Waals surface area contributed by atoms with Crippen molar-refractivity contribution in [3.63, 3.8) is 0 Å². The lowest BCUT2D eigenvalue weighted by Gasteiger charge is -2.58. The minimum atomic E-state index is -0.410. The first-order valence-electron chi connectivity index (χ1n) is 13.6. The van der Waals surface area contributed by atoms with Gasteiger partial charge >= 0.3 is 5.97 Å². The molecule has 1 heterocycles. The van der Waals surface area contributed by atoms with Crippen LogP contribution in [0.25, 0.3) is 0 Å². The molecule has 0 radical (unpaired) electrons. The number of hydrogen-bond acceptors (Lipinski definition) is 3. The third kappa shape index (κ3) is 3.50. The van der Waals surface area contributed by atoms with Crippen LogP contribution in [-0.4, -0.2) is 18.4 Å². The lowest BCUT2D eigenvalue weighted by atomic mass is 9.47. The average molecular weight is 455 g/mol. The number of cyclic esters (lactones) is 1. The number of carbonyl (C=O) groups is 1. The van der Waals surface area contributed by atoms with E-state index in [1.165, 1.54) is 44.1 Å². The van der Waals surface area contributed by atoms with Crippen LogP contribution in [-0.2, 0) is 14.3 Å². The molecule has 0 unspecified atom stereocenters. The number of rotatable bonds is 4. The van der Waals surface area contributed by atoms with Gasteiger partial charge in [0, 0.05) is 12.0 Å². The van der Waals surface area contributed by atoms with Gasteiger partial charge in [-0.1, -0.05) is 66.2 Å². The number of hydrogen-bond donors (Lipinski definition) is 0. The van der Waals surface area contributed by atoms with Crippen molar-refractivity contribution in [2.75, 3.05) is 0 Å². The molecule has 7 atom stereocenters. The van der Waals surface area contributed by atoms with Crippen molar-refractivity contribution in [3.05, 3.63) is 23.8 Å². The summed E-state index contributed by atoms with van der Waals surface area (Å²) in [6, 6.07) is 0. The van der Waals surface area contributed by atoms with Gasteiger partial charge in [0.15, 0.2) is 0 Å². The molecule has 33 heavy (non-hydrogen) atoms. The Morgan fingerprint density at radius 3 is 2.52 bits per heavy atom. The van der Waals surface area contributed by atoms with Crippen molar-refractivity contribution >= 4 is 5.97 Å². The Balaban J connectivity index is 1.27. The summed E-state index contributed by atoms with van der Waals surface area (Å²) in [6.45, 7) is 19.1. The Bertz CT molecular complexity index is 866. The monoisotopic (exact) mass is 454 g/mol. The van der Waals surface area contributed by atoms with E-state index in [1.807, 2.05) is 0 Å². The van der Waals surface area contributed by atoms with Crippen molar-refractivity contribution in [3.8, 4) is 0 Å². The fourth-order valence-electron chi connectivity index (χ4n) is 9.23. The molecule has 3 nitrogen and oxygen atoms in total. The van der Waals surface area contributed by atoms with Crippen molar-refractivity contribution < 1.29 is 14.3 Å². The quantitative estimate of drug-likeness (QED) is 0.249. The summed E-state index contributed by atoms with van der Waals surface area (Å²) in [7, 11) is 0. The molecule has 4 saturated carbocycles. The standard InChI is InChI=1S/C30H46O3/c1-19-9-12-23-27(2,3)14-8-15-29(23,6)22(19)11-10-20-17-25(33-26(20)31)32-24-18-21-13-16-30(24,7)28(21,4)5/h10,21-25H,1,8-9,11-18H2,2-7H3/b20-10+/t21-,22-,23-,24+,25+,29+,30+/m0/s1. The number of carbonyl (C=O) groups excluding carboxylic acids is 1. The molecule has 0 amide bonds. The molecule has 5 rings (SSSR count). The normalized spacial score (nSPS) is 47.1. The molecule has 0 aromatic carbocycles. The maximum Gasteiger partial charge on any atom is 0.336 e. The van der Waals surface area contributed by atoms with Crippen LogP contribution in [0.5, 0.6) is 0 Å². The Hall–Kier alpha value is -1.09. The van der Waals surface area contributed by atoms with Crippen LogP contribution in [0, 0.1) is 39.4 Å². The largest absolute Gasteiger partial charge is 0.432 e. The second-order valence-corrected chi connectivity index (χ2v) is 13.9. The van der Waals surface area contributed by atoms with E-state index in [0.29, 0.717) is 23.2 Å². The van der Waals surface area contributed by atoms with Crippen LogP contribution in [0.1, 0.15) is 106 Å². The summed E-state index contributed by atoms with van der Waals surface area (Å²) in [5, 5.41) is 0. The highest BCUT2D eigenvalue weighted by Crippen LogP contribution is 2.66. The molecular formula is C30H46O3. The molecule has 0 N–H and O–H groups in total. The summed E-state index contributed by atoms with van der Waals surface area (Å²) in [5.41, 5.74) is 3.39. The van der Waals surface area contributed by atoms with Gasteiger partial charge in [-0.25, -0.2) is 4.79 Å². The summed E-state index contributed by atoms with van der Waals surface area (Å²) in [5.74, 6) is 1.76. The van der Waals surface area contributed by atoms with E-state index < -0.39 is 6.29 Å². The van der Waals surface area contributed by atoms with Gasteiger partial charge < -0.3 is 9.47 Å². The third-order valence-electron chi connectivity index (χ3n) is 11.8. The highest BCUT2D eigenvalue weighted by Gasteiger charge is 2.62. The lowest BCUT2D eigenvalue weighted by molar-refractivity contribution is -0.188. The summed E-state index contributed by atoms with van der Waals surface area (Å²) in [6.07, 6.45) is 13.4. The molecule has 4 aliphatic carbocycles. The zero-order valence-electron chi connectivity index (χ0n) is 22.0. The Morgan fingerprint density at radius 2 is 1.85 bits per heavy atom. The highest BCUT2D eigenvalue weighted by atomic mass is 16.7. The second kappa shape index (κ2) is 7.70. The van der Waals surface area contributed by atoms with Crippen LogP contribution in [0.2, 0.25) is 0 Å². The van der Waals surface area contributed by atoms with E-state index in [2.05, 4.69) is 54.2 Å². The first-order valence-corrected chi connectivity index (χ1v) is 13.6. The van der Waals surface area contributed by atoms with Crippen LogP contribution in [0.4, 0.5) is 0 Å². The zero-order chi connectivity index (χ0) is 23.8. The molecule has 1 saturated heterocycles. The molecule has 0 spiro atoms. The smallest absolute Gasteiger partial charge is 0.336 e. The van der Waals surface area contributed by atoms with Crippen molar-refractivity contribution in [1.29, 1.82) is 0 Å². The minimum absolute atomic E-state index is 0.167.